The van der Waals surface area contributed by atoms with Crippen molar-refractivity contribution in [1.29, 1.82) is 5.26 Å². The summed E-state index contributed by atoms with van der Waals surface area (Å²) in [5.74, 6) is -1.89. The van der Waals surface area contributed by atoms with Gasteiger partial charge in [-0.25, -0.2) is 13.6 Å². The standard InChI is InChI=1S/C9H6F2N2O2/c10-7-1-5(3-12)2-8(11)6(7)4-13-9(14)15/h1-2,13H,4H2,(H,14,15). The summed E-state index contributed by atoms with van der Waals surface area (Å²) >= 11 is 0. The van der Waals surface area contributed by atoms with Crippen LogP contribution in [0.3, 0.4) is 0 Å². The van der Waals surface area contributed by atoms with Crippen LogP contribution in [0.2, 0.25) is 0 Å². The third kappa shape index (κ3) is 2.64. The number of nitriles is 1. The second-order valence-corrected chi connectivity index (χ2v) is 2.69. The number of carbonyl (C=O) groups is 1. The summed E-state index contributed by atoms with van der Waals surface area (Å²) in [6.07, 6.45) is -1.38. The van der Waals surface area contributed by atoms with E-state index in [1.54, 1.807) is 6.07 Å². The first-order valence-electron chi connectivity index (χ1n) is 3.89. The van der Waals surface area contributed by atoms with Crippen LogP contribution < -0.4 is 5.32 Å². The SMILES string of the molecule is N#Cc1cc(F)c(CNC(=O)O)c(F)c1. The first-order chi connectivity index (χ1) is 7.04. The zero-order valence-corrected chi connectivity index (χ0v) is 7.42. The number of amides is 1. The number of nitrogens with zero attached hydrogens (tertiary/aromatic N) is 1. The molecule has 4 nitrogen and oxygen atoms in total. The molecule has 1 aromatic carbocycles. The van der Waals surface area contributed by atoms with Crippen molar-refractivity contribution >= 4 is 6.09 Å². The second-order valence-electron chi connectivity index (χ2n) is 2.69. The molecule has 15 heavy (non-hydrogen) atoms. The molecule has 0 aliphatic rings. The van der Waals surface area contributed by atoms with E-state index in [1.807, 2.05) is 5.32 Å². The van der Waals surface area contributed by atoms with Crippen molar-refractivity contribution in [3.05, 3.63) is 34.9 Å². The second kappa shape index (κ2) is 4.37. The van der Waals surface area contributed by atoms with Crippen LogP contribution in [0.4, 0.5) is 13.6 Å². The monoisotopic (exact) mass is 212 g/mol. The Kier molecular flexibility index (Phi) is 3.18. The zero-order chi connectivity index (χ0) is 11.4. The molecule has 0 aliphatic carbocycles. The number of benzene rings is 1. The van der Waals surface area contributed by atoms with Crippen LogP contribution in [0.1, 0.15) is 11.1 Å². The molecule has 0 saturated carbocycles. The molecule has 1 amide bonds. The Labute approximate surface area is 83.8 Å². The van der Waals surface area contributed by atoms with Gasteiger partial charge in [-0.05, 0) is 12.1 Å². The summed E-state index contributed by atoms with van der Waals surface area (Å²) < 4.78 is 26.2. The van der Waals surface area contributed by atoms with Crippen molar-refractivity contribution in [2.24, 2.45) is 0 Å². The van der Waals surface area contributed by atoms with Crippen LogP contribution >= 0.6 is 0 Å². The molecule has 78 valence electrons. The maximum atomic E-state index is 13.1. The predicted molar refractivity (Wildman–Crippen MR) is 45.9 cm³/mol. The van der Waals surface area contributed by atoms with E-state index in [4.69, 9.17) is 10.4 Å². The van der Waals surface area contributed by atoms with Gasteiger partial charge in [0.2, 0.25) is 0 Å². The molecule has 0 saturated heterocycles. The number of hydrogen-bond donors (Lipinski definition) is 2. The highest BCUT2D eigenvalue weighted by Gasteiger charge is 2.11. The molecule has 0 heterocycles. The van der Waals surface area contributed by atoms with Crippen LogP contribution in [0, 0.1) is 23.0 Å². The molecular weight excluding hydrogens is 206 g/mol. The van der Waals surface area contributed by atoms with Crippen LogP contribution in [-0.2, 0) is 6.54 Å². The lowest BCUT2D eigenvalue weighted by Crippen LogP contribution is -2.21. The van der Waals surface area contributed by atoms with E-state index in [0.717, 1.165) is 12.1 Å². The van der Waals surface area contributed by atoms with Gasteiger partial charge in [-0.1, -0.05) is 0 Å². The van der Waals surface area contributed by atoms with E-state index in [-0.39, 0.29) is 5.56 Å². The summed E-state index contributed by atoms with van der Waals surface area (Å²) in [6.45, 7) is -0.474. The first kappa shape index (κ1) is 10.9. The third-order valence-corrected chi connectivity index (χ3v) is 1.69. The predicted octanol–water partition coefficient (Wildman–Crippen LogP) is 1.60. The van der Waals surface area contributed by atoms with Crippen molar-refractivity contribution in [3.63, 3.8) is 0 Å². The van der Waals surface area contributed by atoms with E-state index in [2.05, 4.69) is 0 Å². The van der Waals surface area contributed by atoms with Gasteiger partial charge in [0.15, 0.2) is 0 Å². The fourth-order valence-electron chi connectivity index (χ4n) is 1.00. The number of nitrogens with one attached hydrogen (secondary N) is 1. The quantitative estimate of drug-likeness (QED) is 0.781. The van der Waals surface area contributed by atoms with Gasteiger partial charge in [0, 0.05) is 5.56 Å². The van der Waals surface area contributed by atoms with Gasteiger partial charge >= 0.3 is 6.09 Å². The average molecular weight is 212 g/mol. The Morgan fingerprint density at radius 1 is 1.47 bits per heavy atom. The van der Waals surface area contributed by atoms with Gasteiger partial charge in [-0.3, -0.25) is 0 Å². The molecule has 1 aromatic rings. The summed E-state index contributed by atoms with van der Waals surface area (Å²) in [5.41, 5.74) is -0.555. The van der Waals surface area contributed by atoms with Crippen molar-refractivity contribution < 1.29 is 18.7 Å². The molecule has 0 atom stereocenters. The van der Waals surface area contributed by atoms with Gasteiger partial charge in [0.1, 0.15) is 11.6 Å². The maximum absolute atomic E-state index is 13.1. The lowest BCUT2D eigenvalue weighted by molar-refractivity contribution is 0.193. The summed E-state index contributed by atoms with van der Waals surface area (Å²) in [5, 5.41) is 18.5. The number of hydrogen-bond acceptors (Lipinski definition) is 2. The largest absolute Gasteiger partial charge is 0.465 e. The average Bonchev–Trinajstić information content (AvgIpc) is 2.15. The van der Waals surface area contributed by atoms with Gasteiger partial charge in [-0.2, -0.15) is 5.26 Å². The van der Waals surface area contributed by atoms with Gasteiger partial charge in [-0.15, -0.1) is 0 Å². The smallest absolute Gasteiger partial charge is 0.404 e. The molecule has 6 heteroatoms. The minimum Gasteiger partial charge on any atom is -0.465 e. The lowest BCUT2D eigenvalue weighted by atomic mass is 10.1. The highest BCUT2D eigenvalue weighted by Crippen LogP contribution is 2.14. The molecule has 0 fully saturated rings. The minimum atomic E-state index is -1.38. The Balaban J connectivity index is 2.99. The summed E-state index contributed by atoms with van der Waals surface area (Å²) in [4.78, 5) is 10.1. The van der Waals surface area contributed by atoms with E-state index in [0.29, 0.717) is 0 Å². The number of halogens is 2. The van der Waals surface area contributed by atoms with Crippen molar-refractivity contribution in [1.82, 2.24) is 5.32 Å². The van der Waals surface area contributed by atoms with E-state index < -0.39 is 29.8 Å². The fraction of sp³-hybridized carbons (Fsp3) is 0.111. The molecule has 0 spiro atoms. The third-order valence-electron chi connectivity index (χ3n) is 1.69. The number of carboxylic acid groups (broad SMARTS) is 1. The highest BCUT2D eigenvalue weighted by atomic mass is 19.1. The van der Waals surface area contributed by atoms with Crippen molar-refractivity contribution in [3.8, 4) is 6.07 Å². The Morgan fingerprint density at radius 2 is 2.00 bits per heavy atom. The fourth-order valence-corrected chi connectivity index (χ4v) is 1.00. The van der Waals surface area contributed by atoms with Gasteiger partial charge in [0.05, 0.1) is 18.2 Å². The Morgan fingerprint density at radius 3 is 2.40 bits per heavy atom. The zero-order valence-electron chi connectivity index (χ0n) is 7.42. The molecule has 0 bridgehead atoms. The molecule has 0 unspecified atom stereocenters. The van der Waals surface area contributed by atoms with Crippen molar-refractivity contribution in [2.45, 2.75) is 6.54 Å². The molecule has 0 radical (unpaired) electrons. The molecule has 0 aromatic heterocycles. The normalized spacial score (nSPS) is 9.40. The minimum absolute atomic E-state index is 0.149. The van der Waals surface area contributed by atoms with Gasteiger partial charge < -0.3 is 10.4 Å². The van der Waals surface area contributed by atoms with E-state index >= 15 is 0 Å². The Hall–Kier alpha value is -2.16. The van der Waals surface area contributed by atoms with E-state index in [9.17, 15) is 13.6 Å². The molecule has 0 aliphatic heterocycles. The van der Waals surface area contributed by atoms with Crippen LogP contribution in [0.15, 0.2) is 12.1 Å². The Bertz CT molecular complexity index is 417. The van der Waals surface area contributed by atoms with Gasteiger partial charge in [0.25, 0.3) is 0 Å². The van der Waals surface area contributed by atoms with Crippen LogP contribution in [0.25, 0.3) is 0 Å². The van der Waals surface area contributed by atoms with Crippen LogP contribution in [-0.4, -0.2) is 11.2 Å². The molecule has 1 rings (SSSR count). The molecular formula is C9H6F2N2O2. The maximum Gasteiger partial charge on any atom is 0.404 e. The molecule has 2 N–H and O–H groups in total. The topological polar surface area (TPSA) is 73.1 Å². The van der Waals surface area contributed by atoms with Crippen molar-refractivity contribution in [2.75, 3.05) is 0 Å². The summed E-state index contributed by atoms with van der Waals surface area (Å²) in [6, 6.07) is 3.28. The highest BCUT2D eigenvalue weighted by molar-refractivity contribution is 5.64. The summed E-state index contributed by atoms with van der Waals surface area (Å²) in [7, 11) is 0. The number of rotatable bonds is 2. The lowest BCUT2D eigenvalue weighted by Gasteiger charge is -2.04. The van der Waals surface area contributed by atoms with E-state index in [1.165, 1.54) is 0 Å². The van der Waals surface area contributed by atoms with Crippen LogP contribution in [0.5, 0.6) is 0 Å². The first-order valence-corrected chi connectivity index (χ1v) is 3.89.